The van der Waals surface area contributed by atoms with Gasteiger partial charge < -0.3 is 15.6 Å². The summed E-state index contributed by atoms with van der Waals surface area (Å²) in [6.07, 6.45) is 2.44. The number of fused-ring (bicyclic) bond motifs is 1. The highest BCUT2D eigenvalue weighted by Gasteiger charge is 2.07. The van der Waals surface area contributed by atoms with Crippen LogP contribution in [0.3, 0.4) is 0 Å². The Morgan fingerprint density at radius 3 is 3.00 bits per heavy atom. The number of aryl methyl sites for hydroxylation is 1. The predicted molar refractivity (Wildman–Crippen MR) is 85.1 cm³/mol. The summed E-state index contributed by atoms with van der Waals surface area (Å²) in [6.45, 7) is 2.47. The number of nitrogens with zero attached hydrogens (tertiary/aromatic N) is 3. The smallest absolute Gasteiger partial charge is 0.223 e. The Bertz CT molecular complexity index is 786. The number of hydrogen-bond donors (Lipinski definition) is 2. The number of nitrogens with two attached hydrogens (primary N) is 1. The van der Waals surface area contributed by atoms with Gasteiger partial charge in [-0.15, -0.1) is 0 Å². The molecule has 2 aromatic heterocycles. The van der Waals surface area contributed by atoms with Gasteiger partial charge in [0.2, 0.25) is 5.89 Å². The zero-order chi connectivity index (χ0) is 14.8. The largest absolute Gasteiger partial charge is 0.398 e. The number of halogens is 1. The number of nitrogen functional groups attached to an aromatic ring is 1. The fourth-order valence-corrected chi connectivity index (χ4v) is 2.44. The summed E-state index contributed by atoms with van der Waals surface area (Å²) in [7, 11) is 0. The number of hydrogen-bond acceptors (Lipinski definition) is 6. The number of nitrogens with one attached hydrogen (secondary N) is 1. The van der Waals surface area contributed by atoms with Gasteiger partial charge in [0.1, 0.15) is 0 Å². The van der Waals surface area contributed by atoms with Gasteiger partial charge in [-0.3, -0.25) is 4.98 Å². The van der Waals surface area contributed by atoms with Crippen LogP contribution < -0.4 is 11.1 Å². The molecule has 0 unspecified atom stereocenters. The third-order valence-corrected chi connectivity index (χ3v) is 3.52. The van der Waals surface area contributed by atoms with Crippen molar-refractivity contribution in [1.29, 1.82) is 0 Å². The SMILES string of the molecule is Cc1nc(CCNc2ccc(N)c3cc(Br)cnc23)no1. The molecule has 0 aliphatic heterocycles. The average Bonchev–Trinajstić information content (AvgIpc) is 2.87. The van der Waals surface area contributed by atoms with Crippen LogP contribution in [0.5, 0.6) is 0 Å². The summed E-state index contributed by atoms with van der Waals surface area (Å²) in [4.78, 5) is 8.60. The van der Waals surface area contributed by atoms with Crippen molar-refractivity contribution in [3.8, 4) is 0 Å². The third kappa shape index (κ3) is 2.97. The van der Waals surface area contributed by atoms with E-state index >= 15 is 0 Å². The van der Waals surface area contributed by atoms with E-state index in [4.69, 9.17) is 10.3 Å². The Balaban J connectivity index is 1.79. The highest BCUT2D eigenvalue weighted by Crippen LogP contribution is 2.28. The second-order valence-corrected chi connectivity index (χ2v) is 5.57. The first-order chi connectivity index (χ1) is 10.1. The summed E-state index contributed by atoms with van der Waals surface area (Å²) < 4.78 is 5.85. The molecule has 2 heterocycles. The molecule has 6 nitrogen and oxygen atoms in total. The van der Waals surface area contributed by atoms with E-state index in [1.807, 2.05) is 18.2 Å². The van der Waals surface area contributed by atoms with Crippen molar-refractivity contribution >= 4 is 38.2 Å². The van der Waals surface area contributed by atoms with Gasteiger partial charge in [0.25, 0.3) is 0 Å². The molecule has 0 aliphatic rings. The minimum absolute atomic E-state index is 0.578. The summed E-state index contributed by atoms with van der Waals surface area (Å²) in [6, 6.07) is 5.77. The molecule has 0 amide bonds. The molecule has 3 N–H and O–H groups in total. The molecule has 1 aromatic carbocycles. The highest BCUT2D eigenvalue weighted by atomic mass is 79.9. The standard InChI is InChI=1S/C14H14BrN5O/c1-8-19-13(20-21-8)4-5-17-12-3-2-11(16)10-6-9(15)7-18-14(10)12/h2-3,6-7,17H,4-5,16H2,1H3. The molecule has 7 heteroatoms. The van der Waals surface area contributed by atoms with Crippen molar-refractivity contribution in [2.45, 2.75) is 13.3 Å². The molecule has 0 fully saturated rings. The first kappa shape index (κ1) is 13.8. The number of benzene rings is 1. The maximum Gasteiger partial charge on any atom is 0.223 e. The van der Waals surface area contributed by atoms with Crippen LogP contribution in [-0.4, -0.2) is 21.7 Å². The Labute approximate surface area is 129 Å². The normalized spacial score (nSPS) is 11.0. The van der Waals surface area contributed by atoms with E-state index in [0.29, 0.717) is 30.4 Å². The molecule has 21 heavy (non-hydrogen) atoms. The van der Waals surface area contributed by atoms with Gasteiger partial charge in [-0.2, -0.15) is 4.98 Å². The van der Waals surface area contributed by atoms with E-state index < -0.39 is 0 Å². The van der Waals surface area contributed by atoms with Crippen molar-refractivity contribution in [2.24, 2.45) is 0 Å². The fourth-order valence-electron chi connectivity index (χ4n) is 2.11. The first-order valence-electron chi connectivity index (χ1n) is 6.50. The van der Waals surface area contributed by atoms with Crippen molar-refractivity contribution in [1.82, 2.24) is 15.1 Å². The fraction of sp³-hybridized carbons (Fsp3) is 0.214. The van der Waals surface area contributed by atoms with E-state index in [2.05, 4.69) is 36.4 Å². The molecule has 3 rings (SSSR count). The summed E-state index contributed by atoms with van der Waals surface area (Å²) in [5.41, 5.74) is 8.49. The quantitative estimate of drug-likeness (QED) is 0.705. The molecular formula is C14H14BrN5O. The lowest BCUT2D eigenvalue weighted by Crippen LogP contribution is -2.07. The number of anilines is 2. The van der Waals surface area contributed by atoms with Gasteiger partial charge in [0.05, 0.1) is 11.2 Å². The summed E-state index contributed by atoms with van der Waals surface area (Å²) in [5.74, 6) is 1.27. The highest BCUT2D eigenvalue weighted by molar-refractivity contribution is 9.10. The van der Waals surface area contributed by atoms with Crippen LogP contribution in [0.4, 0.5) is 11.4 Å². The Kier molecular flexibility index (Phi) is 3.74. The number of rotatable bonds is 4. The molecule has 3 aromatic rings. The van der Waals surface area contributed by atoms with Crippen LogP contribution in [0.15, 0.2) is 33.4 Å². The zero-order valence-corrected chi connectivity index (χ0v) is 13.0. The number of aromatic nitrogens is 3. The Hall–Kier alpha value is -2.15. The minimum atomic E-state index is 0.578. The molecular weight excluding hydrogens is 334 g/mol. The maximum absolute atomic E-state index is 6.00. The van der Waals surface area contributed by atoms with Gasteiger partial charge >= 0.3 is 0 Å². The van der Waals surface area contributed by atoms with Gasteiger partial charge in [0, 0.05) is 41.6 Å². The second-order valence-electron chi connectivity index (χ2n) is 4.66. The molecule has 0 saturated carbocycles. The first-order valence-corrected chi connectivity index (χ1v) is 7.29. The Morgan fingerprint density at radius 1 is 1.38 bits per heavy atom. The van der Waals surface area contributed by atoms with Crippen LogP contribution >= 0.6 is 15.9 Å². The van der Waals surface area contributed by atoms with Gasteiger partial charge in [0.15, 0.2) is 5.82 Å². The van der Waals surface area contributed by atoms with E-state index in [-0.39, 0.29) is 0 Å². The van der Waals surface area contributed by atoms with Crippen LogP contribution in [0, 0.1) is 6.92 Å². The molecule has 0 bridgehead atoms. The van der Waals surface area contributed by atoms with Crippen molar-refractivity contribution in [3.05, 3.63) is 40.6 Å². The minimum Gasteiger partial charge on any atom is -0.398 e. The van der Waals surface area contributed by atoms with Crippen molar-refractivity contribution < 1.29 is 4.52 Å². The van der Waals surface area contributed by atoms with Crippen LogP contribution in [-0.2, 0) is 6.42 Å². The lowest BCUT2D eigenvalue weighted by atomic mass is 10.1. The Morgan fingerprint density at radius 2 is 2.24 bits per heavy atom. The van der Waals surface area contributed by atoms with Crippen LogP contribution in [0.2, 0.25) is 0 Å². The molecule has 0 saturated heterocycles. The van der Waals surface area contributed by atoms with E-state index in [1.165, 1.54) is 0 Å². The molecule has 0 atom stereocenters. The van der Waals surface area contributed by atoms with Crippen LogP contribution in [0.25, 0.3) is 10.9 Å². The van der Waals surface area contributed by atoms with E-state index in [1.54, 1.807) is 13.1 Å². The molecule has 0 spiro atoms. The summed E-state index contributed by atoms with van der Waals surface area (Å²) in [5, 5.41) is 8.13. The van der Waals surface area contributed by atoms with Crippen LogP contribution in [0.1, 0.15) is 11.7 Å². The lowest BCUT2D eigenvalue weighted by Gasteiger charge is -2.10. The van der Waals surface area contributed by atoms with E-state index in [0.717, 1.165) is 21.1 Å². The molecule has 108 valence electrons. The topological polar surface area (TPSA) is 89.9 Å². The van der Waals surface area contributed by atoms with Gasteiger partial charge in [-0.05, 0) is 34.1 Å². The average molecular weight is 348 g/mol. The van der Waals surface area contributed by atoms with Crippen molar-refractivity contribution in [3.63, 3.8) is 0 Å². The predicted octanol–water partition coefficient (Wildman–Crippen LogP) is 2.93. The lowest BCUT2D eigenvalue weighted by molar-refractivity contribution is 0.387. The second kappa shape index (κ2) is 5.69. The maximum atomic E-state index is 6.00. The summed E-state index contributed by atoms with van der Waals surface area (Å²) >= 11 is 3.41. The third-order valence-electron chi connectivity index (χ3n) is 3.08. The van der Waals surface area contributed by atoms with Gasteiger partial charge in [-0.1, -0.05) is 5.16 Å². The van der Waals surface area contributed by atoms with Crippen molar-refractivity contribution in [2.75, 3.05) is 17.6 Å². The van der Waals surface area contributed by atoms with E-state index in [9.17, 15) is 0 Å². The molecule has 0 aliphatic carbocycles. The monoisotopic (exact) mass is 347 g/mol. The molecule has 0 radical (unpaired) electrons. The number of pyridine rings is 1. The zero-order valence-electron chi connectivity index (χ0n) is 11.4. The van der Waals surface area contributed by atoms with Gasteiger partial charge in [-0.25, -0.2) is 0 Å².